The molecular formula is C14H12N2O. The van der Waals surface area contributed by atoms with Crippen molar-refractivity contribution >= 4 is 17.2 Å². The maximum atomic E-state index is 11.1. The van der Waals surface area contributed by atoms with E-state index in [9.17, 15) is 4.79 Å². The Morgan fingerprint density at radius 1 is 1.35 bits per heavy atom. The Bertz CT molecular complexity index is 588. The zero-order valence-electron chi connectivity index (χ0n) is 9.82. The summed E-state index contributed by atoms with van der Waals surface area (Å²) in [4.78, 5) is 15.1. The van der Waals surface area contributed by atoms with E-state index in [2.05, 4.69) is 11.1 Å². The van der Waals surface area contributed by atoms with Gasteiger partial charge in [-0.15, -0.1) is 0 Å². The van der Waals surface area contributed by atoms with E-state index in [0.29, 0.717) is 12.0 Å². The van der Waals surface area contributed by atoms with E-state index >= 15 is 0 Å². The first-order chi connectivity index (χ1) is 8.13. The van der Waals surface area contributed by atoms with Crippen molar-refractivity contribution < 1.29 is 4.79 Å². The topological polar surface area (TPSA) is 53.2 Å². The van der Waals surface area contributed by atoms with Crippen molar-refractivity contribution in [3.05, 3.63) is 41.0 Å². The number of allylic oxidation sites excluding steroid dienone is 2. The van der Waals surface area contributed by atoms with Crippen molar-refractivity contribution in [3.8, 4) is 6.07 Å². The summed E-state index contributed by atoms with van der Waals surface area (Å²) in [6, 6.07) is 9.80. The van der Waals surface area contributed by atoms with E-state index in [4.69, 9.17) is 5.26 Å². The van der Waals surface area contributed by atoms with Crippen LogP contribution in [-0.2, 0) is 4.79 Å². The molecule has 1 aromatic rings. The van der Waals surface area contributed by atoms with Gasteiger partial charge in [0.25, 0.3) is 0 Å². The van der Waals surface area contributed by atoms with E-state index in [1.165, 1.54) is 6.92 Å². The number of nitriles is 1. The molecule has 0 aromatic heterocycles. The van der Waals surface area contributed by atoms with Crippen molar-refractivity contribution in [3.63, 3.8) is 0 Å². The minimum atomic E-state index is -0.206. The van der Waals surface area contributed by atoms with Gasteiger partial charge in [0, 0.05) is 24.5 Å². The average molecular weight is 224 g/mol. The van der Waals surface area contributed by atoms with Crippen LogP contribution in [0.1, 0.15) is 31.4 Å². The second kappa shape index (κ2) is 4.34. The highest BCUT2D eigenvalue weighted by Gasteiger charge is 2.21. The molecule has 0 saturated carbocycles. The summed E-state index contributed by atoms with van der Waals surface area (Å²) in [7, 11) is 0. The fourth-order valence-corrected chi connectivity index (χ4v) is 2.06. The van der Waals surface area contributed by atoms with Crippen LogP contribution in [0.4, 0.5) is 0 Å². The van der Waals surface area contributed by atoms with Crippen LogP contribution in [0.2, 0.25) is 0 Å². The van der Waals surface area contributed by atoms with Crippen LogP contribution in [0.5, 0.6) is 0 Å². The van der Waals surface area contributed by atoms with Crippen LogP contribution in [0, 0.1) is 11.3 Å². The number of carbonyl (C=O) groups is 1. The second-order valence-corrected chi connectivity index (χ2v) is 4.07. The van der Waals surface area contributed by atoms with Gasteiger partial charge >= 0.3 is 0 Å². The standard InChI is InChI=1S/C14H12N2O/c1-9-7-14(16-10(2)17)12-6-4-3-5-11(12)13(9)8-15/h3-6H,7H2,1-2H3. The molecule has 0 unspecified atom stereocenters. The summed E-state index contributed by atoms with van der Waals surface area (Å²) in [5, 5.41) is 9.16. The molecule has 1 aliphatic rings. The molecule has 1 amide bonds. The normalized spacial score (nSPS) is 16.6. The number of amides is 1. The number of hydrogen-bond donors (Lipinski definition) is 0. The lowest BCUT2D eigenvalue weighted by atomic mass is 9.85. The van der Waals surface area contributed by atoms with Crippen molar-refractivity contribution in [2.75, 3.05) is 0 Å². The maximum Gasteiger partial charge on any atom is 0.242 e. The SMILES string of the molecule is CC(=O)N=C1CC(C)=C(C#N)c2ccccc21. The number of rotatable bonds is 0. The van der Waals surface area contributed by atoms with Gasteiger partial charge < -0.3 is 0 Å². The van der Waals surface area contributed by atoms with Crippen molar-refractivity contribution in [1.82, 2.24) is 0 Å². The molecule has 0 atom stereocenters. The number of carbonyl (C=O) groups excluding carboxylic acids is 1. The lowest BCUT2D eigenvalue weighted by Gasteiger charge is -2.18. The Morgan fingerprint density at radius 3 is 2.59 bits per heavy atom. The highest BCUT2D eigenvalue weighted by molar-refractivity contribution is 6.13. The molecule has 0 spiro atoms. The lowest BCUT2D eigenvalue weighted by Crippen LogP contribution is -2.13. The zero-order valence-corrected chi connectivity index (χ0v) is 9.82. The summed E-state index contributed by atoms with van der Waals surface area (Å²) in [5.41, 5.74) is 4.18. The molecule has 0 radical (unpaired) electrons. The predicted molar refractivity (Wildman–Crippen MR) is 66.5 cm³/mol. The summed E-state index contributed by atoms with van der Waals surface area (Å²) < 4.78 is 0. The molecule has 0 aliphatic heterocycles. The average Bonchev–Trinajstić information content (AvgIpc) is 2.28. The third kappa shape index (κ3) is 2.02. The summed E-state index contributed by atoms with van der Waals surface area (Å²) in [5.74, 6) is -0.206. The van der Waals surface area contributed by atoms with Gasteiger partial charge in [0.05, 0.1) is 17.4 Å². The van der Waals surface area contributed by atoms with Gasteiger partial charge in [0.15, 0.2) is 0 Å². The van der Waals surface area contributed by atoms with Crippen molar-refractivity contribution in [2.45, 2.75) is 20.3 Å². The largest absolute Gasteiger partial charge is 0.273 e. The van der Waals surface area contributed by atoms with Gasteiger partial charge in [0.2, 0.25) is 5.91 Å². The Labute approximate surface area is 100 Å². The number of fused-ring (bicyclic) bond motifs is 1. The highest BCUT2D eigenvalue weighted by atomic mass is 16.1. The smallest absolute Gasteiger partial charge is 0.242 e. The van der Waals surface area contributed by atoms with Crippen LogP contribution in [0.15, 0.2) is 34.8 Å². The molecule has 1 aromatic carbocycles. The molecule has 2 rings (SSSR count). The molecule has 0 N–H and O–H groups in total. The summed E-state index contributed by atoms with van der Waals surface area (Å²) in [6.07, 6.45) is 0.569. The highest BCUT2D eigenvalue weighted by Crippen LogP contribution is 2.30. The third-order valence-electron chi connectivity index (χ3n) is 2.77. The van der Waals surface area contributed by atoms with E-state index in [1.54, 1.807) is 0 Å². The van der Waals surface area contributed by atoms with E-state index in [1.807, 2.05) is 31.2 Å². The van der Waals surface area contributed by atoms with Gasteiger partial charge in [-0.2, -0.15) is 5.26 Å². The summed E-state index contributed by atoms with van der Waals surface area (Å²) >= 11 is 0. The maximum absolute atomic E-state index is 11.1. The van der Waals surface area contributed by atoms with Crippen LogP contribution in [0.25, 0.3) is 5.57 Å². The molecule has 0 bridgehead atoms. The minimum absolute atomic E-state index is 0.206. The van der Waals surface area contributed by atoms with Gasteiger partial charge in [0.1, 0.15) is 0 Å². The van der Waals surface area contributed by atoms with Crippen LogP contribution < -0.4 is 0 Å². The molecular weight excluding hydrogens is 212 g/mol. The van der Waals surface area contributed by atoms with E-state index in [-0.39, 0.29) is 5.91 Å². The monoisotopic (exact) mass is 224 g/mol. The molecule has 17 heavy (non-hydrogen) atoms. The first kappa shape index (κ1) is 11.3. The van der Waals surface area contributed by atoms with Gasteiger partial charge in [-0.25, -0.2) is 4.99 Å². The molecule has 3 heteroatoms. The van der Waals surface area contributed by atoms with Gasteiger partial charge in [-0.3, -0.25) is 4.79 Å². The molecule has 3 nitrogen and oxygen atoms in total. The van der Waals surface area contributed by atoms with Crippen LogP contribution in [-0.4, -0.2) is 11.6 Å². The second-order valence-electron chi connectivity index (χ2n) is 4.07. The van der Waals surface area contributed by atoms with Crippen molar-refractivity contribution in [2.24, 2.45) is 4.99 Å². The Kier molecular flexibility index (Phi) is 2.88. The molecule has 84 valence electrons. The Balaban J connectivity index is 2.67. The Morgan fingerprint density at radius 2 is 2.00 bits per heavy atom. The fraction of sp³-hybridized carbons (Fsp3) is 0.214. The van der Waals surface area contributed by atoms with Crippen molar-refractivity contribution in [1.29, 1.82) is 5.26 Å². The number of aliphatic imine (C=N–C) groups is 1. The van der Waals surface area contributed by atoms with Gasteiger partial charge in [-0.1, -0.05) is 24.3 Å². The third-order valence-corrected chi connectivity index (χ3v) is 2.77. The number of benzene rings is 1. The molecule has 0 fully saturated rings. The number of nitrogens with zero attached hydrogens (tertiary/aromatic N) is 2. The predicted octanol–water partition coefficient (Wildman–Crippen LogP) is 2.72. The Hall–Kier alpha value is -2.21. The molecule has 0 heterocycles. The number of hydrogen-bond acceptors (Lipinski definition) is 2. The first-order valence-corrected chi connectivity index (χ1v) is 5.41. The minimum Gasteiger partial charge on any atom is -0.273 e. The molecule has 0 saturated heterocycles. The fourth-order valence-electron chi connectivity index (χ4n) is 2.06. The first-order valence-electron chi connectivity index (χ1n) is 5.41. The zero-order chi connectivity index (χ0) is 12.4. The quantitative estimate of drug-likeness (QED) is 0.680. The van der Waals surface area contributed by atoms with E-state index < -0.39 is 0 Å². The molecule has 1 aliphatic carbocycles. The lowest BCUT2D eigenvalue weighted by molar-refractivity contribution is -0.115. The summed E-state index contributed by atoms with van der Waals surface area (Å²) in [6.45, 7) is 3.35. The van der Waals surface area contributed by atoms with Crippen LogP contribution >= 0.6 is 0 Å². The van der Waals surface area contributed by atoms with E-state index in [0.717, 1.165) is 22.4 Å². The van der Waals surface area contributed by atoms with Gasteiger partial charge in [-0.05, 0) is 12.5 Å². The van der Waals surface area contributed by atoms with Crippen LogP contribution in [0.3, 0.4) is 0 Å².